The van der Waals surface area contributed by atoms with Gasteiger partial charge in [-0.05, 0) is 37.1 Å². The molecule has 4 nitrogen and oxygen atoms in total. The molecular formula is C17H21IN4. The third-order valence-electron chi connectivity index (χ3n) is 4.12. The van der Waals surface area contributed by atoms with Crippen LogP contribution in [0.1, 0.15) is 25.0 Å². The van der Waals surface area contributed by atoms with Gasteiger partial charge in [0.05, 0.1) is 6.54 Å². The molecule has 3 rings (SSSR count). The molecule has 0 bridgehead atoms. The summed E-state index contributed by atoms with van der Waals surface area (Å²) in [6.07, 6.45) is 5.35. The van der Waals surface area contributed by atoms with Crippen LogP contribution in [0.3, 0.4) is 0 Å². The highest BCUT2D eigenvalue weighted by Gasteiger charge is 2.39. The molecule has 1 aromatic carbocycles. The molecule has 1 heterocycles. The first kappa shape index (κ1) is 16.7. The second-order valence-corrected chi connectivity index (χ2v) is 5.54. The first-order chi connectivity index (χ1) is 10.3. The third-order valence-corrected chi connectivity index (χ3v) is 4.12. The van der Waals surface area contributed by atoms with E-state index in [2.05, 4.69) is 21.4 Å². The van der Waals surface area contributed by atoms with Gasteiger partial charge < -0.3 is 11.1 Å². The van der Waals surface area contributed by atoms with Crippen LogP contribution in [0.2, 0.25) is 0 Å². The van der Waals surface area contributed by atoms with Crippen molar-refractivity contribution in [2.24, 2.45) is 10.7 Å². The molecule has 0 aliphatic heterocycles. The topological polar surface area (TPSA) is 63.3 Å². The van der Waals surface area contributed by atoms with E-state index in [1.54, 1.807) is 0 Å². The van der Waals surface area contributed by atoms with Crippen molar-refractivity contribution in [1.29, 1.82) is 0 Å². The van der Waals surface area contributed by atoms with Gasteiger partial charge >= 0.3 is 0 Å². The summed E-state index contributed by atoms with van der Waals surface area (Å²) in [6, 6.07) is 15.9. The van der Waals surface area contributed by atoms with Crippen molar-refractivity contribution in [3.63, 3.8) is 0 Å². The number of hydrogen-bond donors (Lipinski definition) is 2. The SMILES string of the molecule is I.NC(=NCC1(c2ccccn2)CCC1)Nc1ccccc1. The highest BCUT2D eigenvalue weighted by molar-refractivity contribution is 14.0. The largest absolute Gasteiger partial charge is 0.370 e. The summed E-state index contributed by atoms with van der Waals surface area (Å²) in [5.74, 6) is 0.461. The van der Waals surface area contributed by atoms with E-state index in [0.29, 0.717) is 12.5 Å². The van der Waals surface area contributed by atoms with Crippen molar-refractivity contribution in [2.45, 2.75) is 24.7 Å². The number of pyridine rings is 1. The normalized spacial score (nSPS) is 16.3. The van der Waals surface area contributed by atoms with E-state index in [9.17, 15) is 0 Å². The van der Waals surface area contributed by atoms with Gasteiger partial charge in [-0.1, -0.05) is 30.7 Å². The van der Waals surface area contributed by atoms with Gasteiger partial charge in [0, 0.05) is 23.0 Å². The smallest absolute Gasteiger partial charge is 0.193 e. The molecule has 3 N–H and O–H groups in total. The van der Waals surface area contributed by atoms with Crippen LogP contribution in [0.5, 0.6) is 0 Å². The Hall–Kier alpha value is -1.63. The number of nitrogens with zero attached hydrogens (tertiary/aromatic N) is 2. The molecule has 1 saturated carbocycles. The fraction of sp³-hybridized carbons (Fsp3) is 0.294. The van der Waals surface area contributed by atoms with Gasteiger partial charge in [-0.25, -0.2) is 0 Å². The van der Waals surface area contributed by atoms with E-state index >= 15 is 0 Å². The number of benzene rings is 1. The van der Waals surface area contributed by atoms with Gasteiger partial charge in [-0.2, -0.15) is 0 Å². The average Bonchev–Trinajstić information content (AvgIpc) is 2.48. The quantitative estimate of drug-likeness (QED) is 0.462. The predicted octanol–water partition coefficient (Wildman–Crippen LogP) is 3.55. The van der Waals surface area contributed by atoms with E-state index in [-0.39, 0.29) is 29.4 Å². The summed E-state index contributed by atoms with van der Waals surface area (Å²) in [7, 11) is 0. The summed E-state index contributed by atoms with van der Waals surface area (Å²) >= 11 is 0. The number of aromatic nitrogens is 1. The van der Waals surface area contributed by atoms with Gasteiger partial charge in [0.15, 0.2) is 5.96 Å². The Morgan fingerprint density at radius 2 is 1.86 bits per heavy atom. The van der Waals surface area contributed by atoms with Gasteiger partial charge in [0.1, 0.15) is 0 Å². The molecule has 22 heavy (non-hydrogen) atoms. The Bertz CT molecular complexity index is 609. The van der Waals surface area contributed by atoms with Crippen LogP contribution >= 0.6 is 24.0 Å². The summed E-state index contributed by atoms with van der Waals surface area (Å²) < 4.78 is 0. The number of guanidine groups is 1. The van der Waals surface area contributed by atoms with Crippen LogP contribution in [-0.4, -0.2) is 17.5 Å². The van der Waals surface area contributed by atoms with Crippen molar-refractivity contribution in [3.8, 4) is 0 Å². The molecule has 2 aromatic rings. The predicted molar refractivity (Wildman–Crippen MR) is 102 cm³/mol. The van der Waals surface area contributed by atoms with Gasteiger partial charge in [-0.3, -0.25) is 9.98 Å². The van der Waals surface area contributed by atoms with E-state index in [1.807, 2.05) is 48.7 Å². The monoisotopic (exact) mass is 408 g/mol. The Labute approximate surface area is 148 Å². The number of nitrogens with one attached hydrogen (secondary N) is 1. The Balaban J connectivity index is 0.00000176. The maximum Gasteiger partial charge on any atom is 0.193 e. The molecule has 0 spiro atoms. The first-order valence-corrected chi connectivity index (χ1v) is 7.32. The summed E-state index contributed by atoms with van der Waals surface area (Å²) in [6.45, 7) is 0.690. The highest BCUT2D eigenvalue weighted by Crippen LogP contribution is 2.42. The number of nitrogens with two attached hydrogens (primary N) is 1. The van der Waals surface area contributed by atoms with Crippen molar-refractivity contribution >= 4 is 35.6 Å². The summed E-state index contributed by atoms with van der Waals surface area (Å²) in [5.41, 5.74) is 8.15. The summed E-state index contributed by atoms with van der Waals surface area (Å²) in [5, 5.41) is 3.12. The van der Waals surface area contributed by atoms with Crippen LogP contribution in [0.4, 0.5) is 5.69 Å². The van der Waals surface area contributed by atoms with Gasteiger partial charge in [0.25, 0.3) is 0 Å². The lowest BCUT2D eigenvalue weighted by atomic mass is 9.66. The number of halogens is 1. The lowest BCUT2D eigenvalue weighted by Crippen LogP contribution is -2.39. The molecule has 1 fully saturated rings. The average molecular weight is 408 g/mol. The van der Waals surface area contributed by atoms with Crippen LogP contribution in [0, 0.1) is 0 Å². The third kappa shape index (κ3) is 3.76. The number of para-hydroxylation sites is 1. The zero-order chi connectivity index (χ0) is 14.5. The second-order valence-electron chi connectivity index (χ2n) is 5.54. The minimum absolute atomic E-state index is 0. The molecule has 0 atom stereocenters. The molecule has 1 aliphatic carbocycles. The zero-order valence-corrected chi connectivity index (χ0v) is 14.7. The molecular weight excluding hydrogens is 387 g/mol. The van der Waals surface area contributed by atoms with Crippen molar-refractivity contribution in [3.05, 3.63) is 60.4 Å². The van der Waals surface area contributed by atoms with Gasteiger partial charge in [0.2, 0.25) is 0 Å². The fourth-order valence-corrected chi connectivity index (χ4v) is 2.72. The van der Waals surface area contributed by atoms with Crippen LogP contribution in [0.15, 0.2) is 59.7 Å². The Morgan fingerprint density at radius 1 is 1.14 bits per heavy atom. The van der Waals surface area contributed by atoms with Crippen molar-refractivity contribution in [2.75, 3.05) is 11.9 Å². The van der Waals surface area contributed by atoms with E-state index in [4.69, 9.17) is 5.73 Å². The first-order valence-electron chi connectivity index (χ1n) is 7.32. The number of hydrogen-bond acceptors (Lipinski definition) is 2. The number of aliphatic imine (C=N–C) groups is 1. The maximum absolute atomic E-state index is 5.99. The zero-order valence-electron chi connectivity index (χ0n) is 12.4. The standard InChI is InChI=1S/C17H20N4.HI/c18-16(21-14-7-2-1-3-8-14)20-13-17(10-6-11-17)15-9-4-5-12-19-15;/h1-5,7-9,12H,6,10-11,13H2,(H3,18,20,21);1H. The van der Waals surface area contributed by atoms with Crippen LogP contribution in [0.25, 0.3) is 0 Å². The molecule has 0 saturated heterocycles. The Morgan fingerprint density at radius 3 is 2.45 bits per heavy atom. The number of anilines is 1. The van der Waals surface area contributed by atoms with Crippen LogP contribution < -0.4 is 11.1 Å². The molecule has 0 radical (unpaired) electrons. The maximum atomic E-state index is 5.99. The Kier molecular flexibility index (Phi) is 5.76. The molecule has 0 amide bonds. The molecule has 0 unspecified atom stereocenters. The lowest BCUT2D eigenvalue weighted by molar-refractivity contribution is 0.246. The van der Waals surface area contributed by atoms with E-state index in [1.165, 1.54) is 6.42 Å². The second kappa shape index (κ2) is 7.58. The summed E-state index contributed by atoms with van der Waals surface area (Å²) in [4.78, 5) is 9.04. The minimum atomic E-state index is 0. The van der Waals surface area contributed by atoms with Crippen molar-refractivity contribution < 1.29 is 0 Å². The molecule has 5 heteroatoms. The molecule has 1 aromatic heterocycles. The van der Waals surface area contributed by atoms with Gasteiger partial charge in [-0.15, -0.1) is 24.0 Å². The van der Waals surface area contributed by atoms with E-state index in [0.717, 1.165) is 24.2 Å². The van der Waals surface area contributed by atoms with Crippen LogP contribution in [-0.2, 0) is 5.41 Å². The minimum Gasteiger partial charge on any atom is -0.370 e. The highest BCUT2D eigenvalue weighted by atomic mass is 127. The van der Waals surface area contributed by atoms with E-state index < -0.39 is 0 Å². The molecule has 116 valence electrons. The lowest BCUT2D eigenvalue weighted by Gasteiger charge is -2.40. The molecule has 1 aliphatic rings. The fourth-order valence-electron chi connectivity index (χ4n) is 2.72. The number of rotatable bonds is 4. The van der Waals surface area contributed by atoms with Crippen molar-refractivity contribution in [1.82, 2.24) is 4.98 Å².